The van der Waals surface area contributed by atoms with E-state index >= 15 is 0 Å². The van der Waals surface area contributed by atoms with Crippen LogP contribution in [0.4, 0.5) is 0 Å². The van der Waals surface area contributed by atoms with E-state index in [0.29, 0.717) is 5.41 Å². The molecule has 3 rings (SSSR count). The van der Waals surface area contributed by atoms with Crippen LogP contribution in [0, 0.1) is 10.8 Å². The average Bonchev–Trinajstić information content (AvgIpc) is 3.06. The molecule has 3 aliphatic rings. The van der Waals surface area contributed by atoms with Gasteiger partial charge in [-0.15, -0.1) is 0 Å². The molecule has 4 atom stereocenters. The molecule has 1 spiro atoms. The highest BCUT2D eigenvalue weighted by Gasteiger charge is 2.71. The van der Waals surface area contributed by atoms with Gasteiger partial charge in [-0.3, -0.25) is 0 Å². The Hall–Kier alpha value is -0.340. The van der Waals surface area contributed by atoms with Crippen molar-refractivity contribution in [3.8, 4) is 0 Å². The van der Waals surface area contributed by atoms with Crippen molar-refractivity contribution >= 4 is 0 Å². The van der Waals surface area contributed by atoms with E-state index in [1.165, 1.54) is 18.4 Å². The van der Waals surface area contributed by atoms with Crippen molar-refractivity contribution < 1.29 is 9.84 Å². The van der Waals surface area contributed by atoms with Gasteiger partial charge in [0.05, 0.1) is 12.7 Å². The molecule has 1 heterocycles. The van der Waals surface area contributed by atoms with Crippen LogP contribution in [0.15, 0.2) is 11.6 Å². The summed E-state index contributed by atoms with van der Waals surface area (Å²) in [6, 6.07) is 0. The molecule has 0 amide bonds. The molecular weight excluding hydrogens is 212 g/mol. The number of aliphatic hydroxyl groups excluding tert-OH is 1. The highest BCUT2D eigenvalue weighted by Crippen LogP contribution is 2.66. The van der Waals surface area contributed by atoms with Crippen molar-refractivity contribution in [2.75, 3.05) is 6.61 Å². The topological polar surface area (TPSA) is 32.8 Å². The lowest BCUT2D eigenvalue weighted by Crippen LogP contribution is -2.49. The number of allylic oxidation sites excluding steroid dienone is 2. The minimum Gasteiger partial charge on any atom is -0.390 e. The summed E-state index contributed by atoms with van der Waals surface area (Å²) in [6.45, 7) is 7.75. The molecule has 4 unspecified atom stereocenters. The monoisotopic (exact) mass is 236 g/mol. The maximum atomic E-state index is 10.2. The van der Waals surface area contributed by atoms with Crippen LogP contribution in [0.5, 0.6) is 0 Å². The lowest BCUT2D eigenvalue weighted by Gasteiger charge is -2.49. The molecule has 1 saturated carbocycles. The second kappa shape index (κ2) is 3.36. The Labute approximate surface area is 104 Å². The summed E-state index contributed by atoms with van der Waals surface area (Å²) in [7, 11) is 0. The molecule has 2 nitrogen and oxygen atoms in total. The summed E-state index contributed by atoms with van der Waals surface area (Å²) < 4.78 is 5.76. The standard InChI is InChI=1S/C15H24O2/c1-11-4-7-13(2,8-5-11)14(3)9-6-12(16)15(14)10-17-15/h4,12,16H,5-10H2,1-3H3. The summed E-state index contributed by atoms with van der Waals surface area (Å²) >= 11 is 0. The van der Waals surface area contributed by atoms with E-state index in [-0.39, 0.29) is 17.1 Å². The molecule has 0 aromatic rings. The fourth-order valence-electron chi connectivity index (χ4n) is 4.22. The Morgan fingerprint density at radius 3 is 2.59 bits per heavy atom. The lowest BCUT2D eigenvalue weighted by molar-refractivity contribution is -0.0371. The van der Waals surface area contributed by atoms with Gasteiger partial charge >= 0.3 is 0 Å². The number of ether oxygens (including phenoxy) is 1. The smallest absolute Gasteiger partial charge is 0.123 e. The molecule has 0 radical (unpaired) electrons. The Morgan fingerprint density at radius 1 is 1.35 bits per heavy atom. The summed E-state index contributed by atoms with van der Waals surface area (Å²) in [6.07, 6.45) is 7.77. The van der Waals surface area contributed by atoms with Crippen molar-refractivity contribution in [1.82, 2.24) is 0 Å². The molecule has 2 fully saturated rings. The molecule has 2 aliphatic carbocycles. The van der Waals surface area contributed by atoms with Crippen molar-refractivity contribution in [3.63, 3.8) is 0 Å². The number of aliphatic hydroxyl groups is 1. The van der Waals surface area contributed by atoms with E-state index in [2.05, 4.69) is 26.8 Å². The van der Waals surface area contributed by atoms with E-state index in [0.717, 1.165) is 25.9 Å². The number of hydrogen-bond donors (Lipinski definition) is 1. The zero-order valence-electron chi connectivity index (χ0n) is 11.3. The van der Waals surface area contributed by atoms with Crippen molar-refractivity contribution in [2.45, 2.75) is 64.6 Å². The molecule has 1 aliphatic heterocycles. The van der Waals surface area contributed by atoms with Gasteiger partial charge in [0, 0.05) is 5.41 Å². The van der Waals surface area contributed by atoms with Crippen LogP contribution >= 0.6 is 0 Å². The molecule has 1 saturated heterocycles. The van der Waals surface area contributed by atoms with Gasteiger partial charge in [0.2, 0.25) is 0 Å². The summed E-state index contributed by atoms with van der Waals surface area (Å²) in [4.78, 5) is 0. The zero-order valence-corrected chi connectivity index (χ0v) is 11.3. The predicted octanol–water partition coefficient (Wildman–Crippen LogP) is 3.05. The molecule has 0 aromatic heterocycles. The quantitative estimate of drug-likeness (QED) is 0.560. The summed E-state index contributed by atoms with van der Waals surface area (Å²) in [5, 5.41) is 10.2. The van der Waals surface area contributed by atoms with Crippen LogP contribution in [-0.4, -0.2) is 23.4 Å². The first-order chi connectivity index (χ1) is 7.94. The van der Waals surface area contributed by atoms with Gasteiger partial charge in [-0.2, -0.15) is 0 Å². The van der Waals surface area contributed by atoms with E-state index in [4.69, 9.17) is 4.74 Å². The van der Waals surface area contributed by atoms with E-state index < -0.39 is 0 Å². The van der Waals surface area contributed by atoms with Gasteiger partial charge in [0.25, 0.3) is 0 Å². The second-order valence-electron chi connectivity index (χ2n) is 6.88. The molecule has 96 valence electrons. The van der Waals surface area contributed by atoms with Crippen molar-refractivity contribution in [1.29, 1.82) is 0 Å². The third-order valence-electron chi connectivity index (χ3n) is 6.15. The normalized spacial score (nSPS) is 53.9. The fraction of sp³-hybridized carbons (Fsp3) is 0.867. The van der Waals surface area contributed by atoms with E-state index in [9.17, 15) is 5.11 Å². The summed E-state index contributed by atoms with van der Waals surface area (Å²) in [5.41, 5.74) is 1.76. The van der Waals surface area contributed by atoms with Gasteiger partial charge in [0.15, 0.2) is 0 Å². The predicted molar refractivity (Wildman–Crippen MR) is 67.7 cm³/mol. The van der Waals surface area contributed by atoms with Gasteiger partial charge in [-0.05, 0) is 44.4 Å². The minimum atomic E-state index is -0.240. The van der Waals surface area contributed by atoms with Crippen LogP contribution in [0.3, 0.4) is 0 Å². The molecule has 0 aromatic carbocycles. The third-order valence-corrected chi connectivity index (χ3v) is 6.15. The Kier molecular flexibility index (Phi) is 2.32. The van der Waals surface area contributed by atoms with Crippen LogP contribution in [0.2, 0.25) is 0 Å². The third kappa shape index (κ3) is 1.34. The maximum absolute atomic E-state index is 10.2. The fourth-order valence-corrected chi connectivity index (χ4v) is 4.22. The first-order valence-corrected chi connectivity index (χ1v) is 6.91. The highest BCUT2D eigenvalue weighted by atomic mass is 16.6. The average molecular weight is 236 g/mol. The minimum absolute atomic E-state index is 0.149. The Morgan fingerprint density at radius 2 is 2.06 bits per heavy atom. The van der Waals surface area contributed by atoms with Crippen LogP contribution < -0.4 is 0 Å². The molecule has 2 heteroatoms. The van der Waals surface area contributed by atoms with Crippen LogP contribution in [0.25, 0.3) is 0 Å². The highest BCUT2D eigenvalue weighted by molar-refractivity contribution is 5.22. The van der Waals surface area contributed by atoms with Crippen molar-refractivity contribution in [3.05, 3.63) is 11.6 Å². The van der Waals surface area contributed by atoms with Gasteiger partial charge < -0.3 is 9.84 Å². The molecule has 0 bridgehead atoms. The number of hydrogen-bond acceptors (Lipinski definition) is 2. The van der Waals surface area contributed by atoms with Crippen molar-refractivity contribution in [2.24, 2.45) is 10.8 Å². The second-order valence-corrected chi connectivity index (χ2v) is 6.88. The maximum Gasteiger partial charge on any atom is 0.123 e. The van der Waals surface area contributed by atoms with E-state index in [1.54, 1.807) is 0 Å². The first kappa shape index (κ1) is 11.7. The number of rotatable bonds is 1. The van der Waals surface area contributed by atoms with Gasteiger partial charge in [-0.1, -0.05) is 25.5 Å². The largest absolute Gasteiger partial charge is 0.390 e. The molecule has 1 N–H and O–H groups in total. The Bertz CT molecular complexity index is 369. The number of epoxide rings is 1. The van der Waals surface area contributed by atoms with E-state index in [1.807, 2.05) is 0 Å². The summed E-state index contributed by atoms with van der Waals surface area (Å²) in [5.74, 6) is 0. The molecule has 17 heavy (non-hydrogen) atoms. The SMILES string of the molecule is CC1=CCC(C)(C2(C)CCC(O)C23CO3)CC1. The molecular formula is C15H24O2. The Balaban J connectivity index is 1.93. The first-order valence-electron chi connectivity index (χ1n) is 6.91. The van der Waals surface area contributed by atoms with Crippen LogP contribution in [-0.2, 0) is 4.74 Å². The van der Waals surface area contributed by atoms with Gasteiger partial charge in [0.1, 0.15) is 5.60 Å². The van der Waals surface area contributed by atoms with Crippen LogP contribution in [0.1, 0.15) is 52.9 Å². The zero-order chi connectivity index (χ0) is 12.3. The van der Waals surface area contributed by atoms with Gasteiger partial charge in [-0.25, -0.2) is 0 Å². The lowest BCUT2D eigenvalue weighted by atomic mass is 9.55.